The van der Waals surface area contributed by atoms with Crippen LogP contribution in [0.15, 0.2) is 35.6 Å². The molecule has 1 aromatic heterocycles. The summed E-state index contributed by atoms with van der Waals surface area (Å²) in [6, 6.07) is 6.26. The van der Waals surface area contributed by atoms with E-state index in [1.807, 2.05) is 11.5 Å². The molecule has 0 radical (unpaired) electrons. The van der Waals surface area contributed by atoms with Crippen LogP contribution in [0.4, 0.5) is 13.2 Å². The second-order valence-electron chi connectivity index (χ2n) is 6.47. The average molecular weight is 524 g/mol. The first-order chi connectivity index (χ1) is 13.4. The molecule has 1 aromatic carbocycles. The zero-order valence-electron chi connectivity index (χ0n) is 16.1. The van der Waals surface area contributed by atoms with Crippen LogP contribution in [0.2, 0.25) is 0 Å². The van der Waals surface area contributed by atoms with Gasteiger partial charge in [0.2, 0.25) is 0 Å². The van der Waals surface area contributed by atoms with E-state index in [1.54, 1.807) is 25.5 Å². The molecule has 1 saturated carbocycles. The summed E-state index contributed by atoms with van der Waals surface area (Å²) in [5.74, 6) is 1.31. The molecular weight excluding hydrogens is 500 g/mol. The third-order valence-electron chi connectivity index (χ3n) is 4.54. The molecule has 1 fully saturated rings. The Morgan fingerprint density at radius 1 is 1.34 bits per heavy atom. The van der Waals surface area contributed by atoms with E-state index in [9.17, 15) is 13.2 Å². The van der Waals surface area contributed by atoms with Crippen LogP contribution in [0.25, 0.3) is 0 Å². The maximum Gasteiger partial charge on any atom is 0.573 e. The largest absolute Gasteiger partial charge is 0.573 e. The Bertz CT molecular complexity index is 826. The first kappa shape index (κ1) is 23.2. The molecule has 0 amide bonds. The number of halogens is 4. The zero-order chi connectivity index (χ0) is 20.1. The first-order valence-electron chi connectivity index (χ1n) is 9.09. The highest BCUT2D eigenvalue weighted by atomic mass is 127. The van der Waals surface area contributed by atoms with Gasteiger partial charge in [-0.25, -0.2) is 0 Å². The van der Waals surface area contributed by atoms with Crippen molar-refractivity contribution in [3.05, 3.63) is 42.0 Å². The van der Waals surface area contributed by atoms with Crippen molar-refractivity contribution in [2.45, 2.75) is 44.6 Å². The van der Waals surface area contributed by atoms with Crippen molar-refractivity contribution in [2.24, 2.45) is 4.99 Å². The highest BCUT2D eigenvalue weighted by molar-refractivity contribution is 14.0. The van der Waals surface area contributed by atoms with Crippen LogP contribution in [0.5, 0.6) is 5.75 Å². The van der Waals surface area contributed by atoms with Crippen molar-refractivity contribution in [3.63, 3.8) is 0 Å². The SMILES string of the molecule is CCc1nncn1CCNC(=NC)NC1CC1c1ccccc1OC(F)(F)F.I. The lowest BCUT2D eigenvalue weighted by Crippen LogP contribution is -2.40. The van der Waals surface area contributed by atoms with Gasteiger partial charge in [-0.15, -0.1) is 47.3 Å². The predicted molar refractivity (Wildman–Crippen MR) is 114 cm³/mol. The summed E-state index contributed by atoms with van der Waals surface area (Å²) < 4.78 is 43.9. The summed E-state index contributed by atoms with van der Waals surface area (Å²) in [5.41, 5.74) is 0.546. The molecule has 0 spiro atoms. The summed E-state index contributed by atoms with van der Waals surface area (Å²) in [6.07, 6.45) is -1.50. The fourth-order valence-electron chi connectivity index (χ4n) is 3.11. The van der Waals surface area contributed by atoms with Gasteiger partial charge in [-0.2, -0.15) is 0 Å². The molecule has 7 nitrogen and oxygen atoms in total. The Hall–Kier alpha value is -2.05. The maximum atomic E-state index is 12.6. The van der Waals surface area contributed by atoms with E-state index in [2.05, 4.69) is 30.6 Å². The van der Waals surface area contributed by atoms with Gasteiger partial charge in [0.05, 0.1) is 0 Å². The van der Waals surface area contributed by atoms with Gasteiger partial charge in [-0.1, -0.05) is 25.1 Å². The van der Waals surface area contributed by atoms with Crippen LogP contribution in [-0.2, 0) is 13.0 Å². The fraction of sp³-hybridized carbons (Fsp3) is 0.500. The minimum atomic E-state index is -4.70. The van der Waals surface area contributed by atoms with Gasteiger partial charge >= 0.3 is 6.36 Å². The highest BCUT2D eigenvalue weighted by Gasteiger charge is 2.42. The molecule has 2 aromatic rings. The van der Waals surface area contributed by atoms with E-state index < -0.39 is 6.36 Å². The van der Waals surface area contributed by atoms with Gasteiger partial charge in [0.25, 0.3) is 0 Å². The van der Waals surface area contributed by atoms with E-state index in [0.717, 1.165) is 12.2 Å². The van der Waals surface area contributed by atoms with Gasteiger partial charge in [-0.3, -0.25) is 4.99 Å². The number of nitrogens with zero attached hydrogens (tertiary/aromatic N) is 4. The lowest BCUT2D eigenvalue weighted by molar-refractivity contribution is -0.274. The van der Waals surface area contributed by atoms with Gasteiger partial charge in [0, 0.05) is 38.5 Å². The Morgan fingerprint density at radius 2 is 2.10 bits per heavy atom. The predicted octanol–water partition coefficient (Wildman–Crippen LogP) is 3.08. The fourth-order valence-corrected chi connectivity index (χ4v) is 3.11. The van der Waals surface area contributed by atoms with Crippen LogP contribution < -0.4 is 15.4 Å². The van der Waals surface area contributed by atoms with E-state index in [0.29, 0.717) is 31.0 Å². The Balaban J connectivity index is 0.00000300. The molecule has 29 heavy (non-hydrogen) atoms. The topological polar surface area (TPSA) is 76.4 Å². The average Bonchev–Trinajstić information content (AvgIpc) is 3.26. The number of hydrogen-bond acceptors (Lipinski definition) is 4. The molecular formula is C18H24F3IN6O. The summed E-state index contributed by atoms with van der Waals surface area (Å²) in [5, 5.41) is 14.4. The number of aliphatic imine (C=N–C) groups is 1. The Labute approximate surface area is 184 Å². The number of rotatable bonds is 7. The van der Waals surface area contributed by atoms with E-state index >= 15 is 0 Å². The third kappa shape index (κ3) is 6.47. The number of aryl methyl sites for hydroxylation is 1. The zero-order valence-corrected chi connectivity index (χ0v) is 18.4. The molecule has 0 aliphatic heterocycles. The van der Waals surface area contributed by atoms with Crippen LogP contribution >= 0.6 is 24.0 Å². The second kappa shape index (κ2) is 10.1. The van der Waals surface area contributed by atoms with E-state index in [1.165, 1.54) is 12.1 Å². The summed E-state index contributed by atoms with van der Waals surface area (Å²) >= 11 is 0. The summed E-state index contributed by atoms with van der Waals surface area (Å²) in [6.45, 7) is 3.32. The molecule has 2 N–H and O–H groups in total. The molecule has 3 rings (SSSR count). The van der Waals surface area contributed by atoms with Crippen LogP contribution in [-0.4, -0.2) is 46.7 Å². The third-order valence-corrected chi connectivity index (χ3v) is 4.54. The minimum absolute atomic E-state index is 0. The van der Waals surface area contributed by atoms with E-state index in [4.69, 9.17) is 0 Å². The smallest absolute Gasteiger partial charge is 0.405 e. The van der Waals surface area contributed by atoms with Crippen LogP contribution in [0, 0.1) is 0 Å². The maximum absolute atomic E-state index is 12.6. The quantitative estimate of drug-likeness (QED) is 0.331. The number of guanidine groups is 1. The van der Waals surface area contributed by atoms with Crippen molar-refractivity contribution in [3.8, 4) is 5.75 Å². The molecule has 2 atom stereocenters. The molecule has 0 bridgehead atoms. The standard InChI is InChI=1S/C18H23F3N6O.HI/c1-3-16-26-24-11-27(16)9-8-23-17(22-2)25-14-10-13(14)12-6-4-5-7-15(12)28-18(19,20)21;/h4-7,11,13-14H,3,8-10H2,1-2H3,(H2,22,23,25);1H. The van der Waals surface area contributed by atoms with Crippen LogP contribution in [0.3, 0.4) is 0 Å². The van der Waals surface area contributed by atoms with Crippen molar-refractivity contribution < 1.29 is 17.9 Å². The highest BCUT2D eigenvalue weighted by Crippen LogP contribution is 2.45. The number of aromatic nitrogens is 3. The monoisotopic (exact) mass is 524 g/mol. The first-order valence-corrected chi connectivity index (χ1v) is 9.09. The van der Waals surface area contributed by atoms with Crippen molar-refractivity contribution in [2.75, 3.05) is 13.6 Å². The summed E-state index contributed by atoms with van der Waals surface area (Å²) in [7, 11) is 1.66. The van der Waals surface area contributed by atoms with Gasteiger partial charge in [0.15, 0.2) is 5.96 Å². The summed E-state index contributed by atoms with van der Waals surface area (Å²) in [4.78, 5) is 4.18. The Morgan fingerprint density at radius 3 is 2.79 bits per heavy atom. The molecule has 11 heteroatoms. The Kier molecular flexibility index (Phi) is 8.11. The van der Waals surface area contributed by atoms with Crippen molar-refractivity contribution in [1.82, 2.24) is 25.4 Å². The lowest BCUT2D eigenvalue weighted by Gasteiger charge is -2.15. The molecule has 1 heterocycles. The number of para-hydroxylation sites is 1. The van der Waals surface area contributed by atoms with Crippen molar-refractivity contribution in [1.29, 1.82) is 0 Å². The number of hydrogen-bond donors (Lipinski definition) is 2. The molecule has 0 saturated heterocycles. The number of ether oxygens (including phenoxy) is 1. The number of nitrogens with one attached hydrogen (secondary N) is 2. The van der Waals surface area contributed by atoms with Crippen molar-refractivity contribution >= 4 is 29.9 Å². The van der Waals surface area contributed by atoms with E-state index in [-0.39, 0.29) is 41.7 Å². The van der Waals surface area contributed by atoms with Crippen LogP contribution in [0.1, 0.15) is 30.7 Å². The normalized spacial score (nSPS) is 18.7. The van der Waals surface area contributed by atoms with Gasteiger partial charge in [-0.05, 0) is 18.1 Å². The molecule has 160 valence electrons. The molecule has 1 aliphatic carbocycles. The molecule has 2 unspecified atom stereocenters. The minimum Gasteiger partial charge on any atom is -0.405 e. The number of alkyl halides is 3. The van der Waals surface area contributed by atoms with Gasteiger partial charge < -0.3 is 19.9 Å². The lowest BCUT2D eigenvalue weighted by atomic mass is 10.1. The molecule has 1 aliphatic rings. The van der Waals surface area contributed by atoms with Gasteiger partial charge in [0.1, 0.15) is 17.9 Å². The second-order valence-corrected chi connectivity index (χ2v) is 6.47. The number of benzene rings is 1.